The Morgan fingerprint density at radius 1 is 1.20 bits per heavy atom. The van der Waals surface area contributed by atoms with E-state index in [9.17, 15) is 9.90 Å². The van der Waals surface area contributed by atoms with E-state index in [-0.39, 0.29) is 5.56 Å². The van der Waals surface area contributed by atoms with Gasteiger partial charge in [-0.05, 0) is 71.6 Å². The van der Waals surface area contributed by atoms with Crippen molar-refractivity contribution >= 4 is 21.9 Å². The first-order chi connectivity index (χ1) is 9.40. The van der Waals surface area contributed by atoms with Crippen LogP contribution in [0.25, 0.3) is 0 Å². The second kappa shape index (κ2) is 5.67. The number of carboxylic acids is 1. The van der Waals surface area contributed by atoms with Crippen molar-refractivity contribution < 1.29 is 14.6 Å². The third-order valence-electron chi connectivity index (χ3n) is 3.19. The number of carboxylic acid groups (broad SMARTS) is 1. The van der Waals surface area contributed by atoms with Gasteiger partial charge in [0.2, 0.25) is 0 Å². The average Bonchev–Trinajstić information content (AvgIpc) is 2.37. The number of hydrogen-bond acceptors (Lipinski definition) is 2. The summed E-state index contributed by atoms with van der Waals surface area (Å²) in [5.41, 5.74) is 3.11. The van der Waals surface area contributed by atoms with Crippen molar-refractivity contribution in [3.05, 3.63) is 57.1 Å². The molecule has 2 rings (SSSR count). The van der Waals surface area contributed by atoms with E-state index in [1.165, 1.54) is 0 Å². The van der Waals surface area contributed by atoms with Gasteiger partial charge in [-0.2, -0.15) is 0 Å². The molecule has 0 amide bonds. The number of carbonyl (C=O) groups is 1. The van der Waals surface area contributed by atoms with Crippen molar-refractivity contribution in [3.63, 3.8) is 0 Å². The Balaban J connectivity index is 2.53. The molecule has 0 fully saturated rings. The van der Waals surface area contributed by atoms with Crippen LogP contribution in [0.3, 0.4) is 0 Å². The highest BCUT2D eigenvalue weighted by Crippen LogP contribution is 2.36. The molecular weight excluding hydrogens is 320 g/mol. The van der Waals surface area contributed by atoms with Crippen LogP contribution >= 0.6 is 15.9 Å². The summed E-state index contributed by atoms with van der Waals surface area (Å²) < 4.78 is 6.48. The van der Waals surface area contributed by atoms with E-state index in [0.29, 0.717) is 16.0 Å². The molecule has 0 saturated carbocycles. The molecule has 0 aliphatic heterocycles. The zero-order valence-electron chi connectivity index (χ0n) is 11.5. The van der Waals surface area contributed by atoms with Crippen molar-refractivity contribution in [1.82, 2.24) is 0 Å². The number of benzene rings is 2. The van der Waals surface area contributed by atoms with Gasteiger partial charge in [0.05, 0.1) is 4.47 Å². The lowest BCUT2D eigenvalue weighted by atomic mass is 10.1. The van der Waals surface area contributed by atoms with Crippen LogP contribution < -0.4 is 4.74 Å². The normalized spacial score (nSPS) is 10.4. The molecule has 0 atom stereocenters. The summed E-state index contributed by atoms with van der Waals surface area (Å²) in [5.74, 6) is -0.0106. The molecule has 3 nitrogen and oxygen atoms in total. The highest BCUT2D eigenvalue weighted by atomic mass is 79.9. The van der Waals surface area contributed by atoms with Crippen molar-refractivity contribution in [2.24, 2.45) is 0 Å². The molecule has 2 aromatic carbocycles. The third kappa shape index (κ3) is 2.85. The lowest BCUT2D eigenvalue weighted by Gasteiger charge is -2.14. The van der Waals surface area contributed by atoms with Gasteiger partial charge in [0.25, 0.3) is 0 Å². The summed E-state index contributed by atoms with van der Waals surface area (Å²) in [6.07, 6.45) is 0. The number of rotatable bonds is 3. The van der Waals surface area contributed by atoms with Gasteiger partial charge >= 0.3 is 5.97 Å². The van der Waals surface area contributed by atoms with E-state index in [1.807, 2.05) is 45.0 Å². The highest BCUT2D eigenvalue weighted by molar-refractivity contribution is 9.10. The summed E-state index contributed by atoms with van der Waals surface area (Å²) in [6, 6.07) is 9.16. The van der Waals surface area contributed by atoms with E-state index >= 15 is 0 Å². The van der Waals surface area contributed by atoms with E-state index < -0.39 is 5.97 Å². The SMILES string of the molecule is Cc1cc(Br)c(Oc2cccc(C)c2C)c(C(=O)O)c1. The van der Waals surface area contributed by atoms with E-state index in [1.54, 1.807) is 6.07 Å². The molecule has 1 N–H and O–H groups in total. The van der Waals surface area contributed by atoms with Crippen LogP contribution in [0.4, 0.5) is 0 Å². The molecule has 0 unspecified atom stereocenters. The minimum absolute atomic E-state index is 0.151. The monoisotopic (exact) mass is 334 g/mol. The Labute approximate surface area is 126 Å². The number of aromatic carboxylic acids is 1. The van der Waals surface area contributed by atoms with Gasteiger partial charge in [0, 0.05) is 0 Å². The van der Waals surface area contributed by atoms with Crippen LogP contribution in [0.5, 0.6) is 11.5 Å². The lowest BCUT2D eigenvalue weighted by Crippen LogP contribution is -2.02. The first-order valence-corrected chi connectivity index (χ1v) is 6.97. The standard InChI is InChI=1S/C16H15BrO3/c1-9-7-12(16(18)19)15(13(17)8-9)20-14-6-4-5-10(2)11(14)3/h4-8H,1-3H3,(H,18,19). The van der Waals surface area contributed by atoms with E-state index in [0.717, 1.165) is 16.7 Å². The van der Waals surface area contributed by atoms with Crippen LogP contribution in [0.15, 0.2) is 34.8 Å². The molecule has 0 saturated heterocycles. The summed E-state index contributed by atoms with van der Waals surface area (Å²) in [6.45, 7) is 5.79. The fraction of sp³-hybridized carbons (Fsp3) is 0.188. The van der Waals surface area contributed by atoms with Crippen molar-refractivity contribution in [1.29, 1.82) is 0 Å². The van der Waals surface area contributed by atoms with E-state index in [4.69, 9.17) is 4.74 Å². The molecule has 104 valence electrons. The minimum Gasteiger partial charge on any atom is -0.478 e. The molecule has 4 heteroatoms. The predicted octanol–water partition coefficient (Wildman–Crippen LogP) is 4.86. The second-order valence-electron chi connectivity index (χ2n) is 4.73. The van der Waals surface area contributed by atoms with Crippen molar-refractivity contribution in [2.45, 2.75) is 20.8 Å². The number of halogens is 1. The maximum Gasteiger partial charge on any atom is 0.339 e. The first-order valence-electron chi connectivity index (χ1n) is 6.17. The molecular formula is C16H15BrO3. The maximum absolute atomic E-state index is 11.4. The highest BCUT2D eigenvalue weighted by Gasteiger charge is 2.17. The van der Waals surface area contributed by atoms with Gasteiger partial charge in [-0.15, -0.1) is 0 Å². The van der Waals surface area contributed by atoms with Gasteiger partial charge in [-0.1, -0.05) is 12.1 Å². The lowest BCUT2D eigenvalue weighted by molar-refractivity contribution is 0.0694. The Morgan fingerprint density at radius 3 is 2.55 bits per heavy atom. The zero-order chi connectivity index (χ0) is 14.9. The molecule has 2 aromatic rings. The molecule has 0 aliphatic carbocycles. The van der Waals surface area contributed by atoms with Crippen LogP contribution in [0.2, 0.25) is 0 Å². The van der Waals surface area contributed by atoms with Crippen molar-refractivity contribution in [2.75, 3.05) is 0 Å². The molecule has 0 spiro atoms. The quantitative estimate of drug-likeness (QED) is 0.871. The number of hydrogen-bond donors (Lipinski definition) is 1. The summed E-state index contributed by atoms with van der Waals surface area (Å²) in [4.78, 5) is 11.4. The number of ether oxygens (including phenoxy) is 1. The average molecular weight is 335 g/mol. The second-order valence-corrected chi connectivity index (χ2v) is 5.58. The molecule has 0 aliphatic rings. The fourth-order valence-corrected chi connectivity index (χ4v) is 2.59. The minimum atomic E-state index is -1.00. The Bertz CT molecular complexity index is 678. The predicted molar refractivity (Wildman–Crippen MR) is 81.8 cm³/mol. The van der Waals surface area contributed by atoms with E-state index in [2.05, 4.69) is 15.9 Å². The molecule has 0 aromatic heterocycles. The Hall–Kier alpha value is -1.81. The first kappa shape index (κ1) is 14.6. The van der Waals surface area contributed by atoms with Gasteiger partial charge in [0.1, 0.15) is 11.3 Å². The summed E-state index contributed by atoms with van der Waals surface area (Å²) >= 11 is 3.38. The van der Waals surface area contributed by atoms with Gasteiger partial charge in [-0.3, -0.25) is 0 Å². The summed E-state index contributed by atoms with van der Waals surface area (Å²) in [7, 11) is 0. The Kier molecular flexibility index (Phi) is 4.14. The largest absolute Gasteiger partial charge is 0.478 e. The van der Waals surface area contributed by atoms with Crippen LogP contribution in [-0.4, -0.2) is 11.1 Å². The molecule has 0 bridgehead atoms. The molecule has 20 heavy (non-hydrogen) atoms. The van der Waals surface area contributed by atoms with Crippen LogP contribution in [-0.2, 0) is 0 Å². The summed E-state index contributed by atoms with van der Waals surface area (Å²) in [5, 5.41) is 9.32. The molecule has 0 radical (unpaired) electrons. The number of aryl methyl sites for hydroxylation is 2. The van der Waals surface area contributed by atoms with Gasteiger partial charge in [-0.25, -0.2) is 4.79 Å². The van der Waals surface area contributed by atoms with Gasteiger partial charge < -0.3 is 9.84 Å². The van der Waals surface area contributed by atoms with Gasteiger partial charge in [0.15, 0.2) is 5.75 Å². The van der Waals surface area contributed by atoms with Crippen molar-refractivity contribution in [3.8, 4) is 11.5 Å². The topological polar surface area (TPSA) is 46.5 Å². The fourth-order valence-electron chi connectivity index (χ4n) is 1.94. The maximum atomic E-state index is 11.4. The van der Waals surface area contributed by atoms with Crippen LogP contribution in [0, 0.1) is 20.8 Å². The smallest absolute Gasteiger partial charge is 0.339 e. The zero-order valence-corrected chi connectivity index (χ0v) is 13.1. The Morgan fingerprint density at radius 2 is 1.90 bits per heavy atom. The molecule has 0 heterocycles. The van der Waals surface area contributed by atoms with Crippen LogP contribution in [0.1, 0.15) is 27.0 Å². The third-order valence-corrected chi connectivity index (χ3v) is 3.77.